The number of unbranched alkanes of at least 4 members (excludes halogenated alkanes) is 3. The molecule has 0 fully saturated rings. The van der Waals surface area contributed by atoms with Crippen LogP contribution in [0.25, 0.3) is 0 Å². The molecule has 1 rings (SSSR count). The summed E-state index contributed by atoms with van der Waals surface area (Å²) in [5, 5.41) is 17.0. The zero-order chi connectivity index (χ0) is 10.9. The van der Waals surface area contributed by atoms with Gasteiger partial charge in [0.2, 0.25) is 0 Å². The maximum absolute atomic E-state index is 8.58. The maximum Gasteiger partial charge on any atom is 0.255 e. The highest BCUT2D eigenvalue weighted by Gasteiger charge is 2.08. The summed E-state index contributed by atoms with van der Waals surface area (Å²) in [4.78, 5) is 3.13. The van der Waals surface area contributed by atoms with Crippen LogP contribution in [0.15, 0.2) is 12.4 Å². The standard InChI is InChI=1S/C11H14N4/c12-6-4-2-1-3-5-11-14-8-10-15(11)9-7-13/h8,10H,1-5,9H2/p+1. The Kier molecular flexibility index (Phi) is 4.97. The molecule has 4 heteroatoms. The number of hydrogen-bond donors (Lipinski definition) is 1. The van der Waals surface area contributed by atoms with E-state index in [9.17, 15) is 0 Å². The van der Waals surface area contributed by atoms with Crippen LogP contribution in [0.1, 0.15) is 31.5 Å². The molecule has 0 saturated carbocycles. The smallest absolute Gasteiger partial charge is 0.248 e. The molecule has 78 valence electrons. The normalized spacial score (nSPS) is 9.47. The van der Waals surface area contributed by atoms with E-state index in [0.717, 1.165) is 31.5 Å². The number of aromatic amines is 1. The van der Waals surface area contributed by atoms with Gasteiger partial charge in [0.1, 0.15) is 18.5 Å². The quantitative estimate of drug-likeness (QED) is 0.561. The Labute approximate surface area is 89.8 Å². The third kappa shape index (κ3) is 3.83. The van der Waals surface area contributed by atoms with Gasteiger partial charge >= 0.3 is 0 Å². The fraction of sp³-hybridized carbons (Fsp3) is 0.545. The molecule has 0 radical (unpaired) electrons. The zero-order valence-corrected chi connectivity index (χ0v) is 8.74. The van der Waals surface area contributed by atoms with Crippen LogP contribution in [0.5, 0.6) is 0 Å². The lowest BCUT2D eigenvalue weighted by molar-refractivity contribution is -0.691. The Morgan fingerprint density at radius 2 is 2.07 bits per heavy atom. The highest BCUT2D eigenvalue weighted by Crippen LogP contribution is 2.02. The minimum Gasteiger partial charge on any atom is -0.248 e. The molecule has 1 N–H and O–H groups in total. The number of nitriles is 2. The number of aryl methyl sites for hydroxylation is 1. The molecule has 0 aliphatic carbocycles. The molecule has 0 unspecified atom stereocenters. The minimum atomic E-state index is 0.400. The first-order valence-corrected chi connectivity index (χ1v) is 5.18. The summed E-state index contributed by atoms with van der Waals surface area (Å²) in [6.07, 6.45) is 8.42. The number of H-pyrrole nitrogens is 1. The van der Waals surface area contributed by atoms with Crippen LogP contribution >= 0.6 is 0 Å². The van der Waals surface area contributed by atoms with E-state index in [1.807, 2.05) is 17.0 Å². The average Bonchev–Trinajstić information content (AvgIpc) is 2.66. The van der Waals surface area contributed by atoms with E-state index < -0.39 is 0 Å². The van der Waals surface area contributed by atoms with E-state index in [1.54, 1.807) is 0 Å². The van der Waals surface area contributed by atoms with E-state index in [1.165, 1.54) is 0 Å². The van der Waals surface area contributed by atoms with Crippen LogP contribution in [0.2, 0.25) is 0 Å². The molecule has 1 heterocycles. The SMILES string of the molecule is N#CCCCCCc1[nH]cc[n+]1CC#N. The van der Waals surface area contributed by atoms with Crippen molar-refractivity contribution in [2.45, 2.75) is 38.6 Å². The van der Waals surface area contributed by atoms with E-state index in [2.05, 4.69) is 17.1 Å². The van der Waals surface area contributed by atoms with E-state index in [4.69, 9.17) is 10.5 Å². The number of nitrogens with one attached hydrogen (secondary N) is 1. The second kappa shape index (κ2) is 6.62. The number of hydrogen-bond acceptors (Lipinski definition) is 2. The van der Waals surface area contributed by atoms with Crippen LogP contribution in [-0.2, 0) is 13.0 Å². The van der Waals surface area contributed by atoms with Crippen molar-refractivity contribution in [1.82, 2.24) is 4.98 Å². The Morgan fingerprint density at radius 3 is 2.80 bits per heavy atom. The summed E-state index contributed by atoms with van der Waals surface area (Å²) in [6, 6.07) is 4.26. The molecule has 0 aliphatic rings. The van der Waals surface area contributed by atoms with E-state index in [0.29, 0.717) is 13.0 Å². The second-order valence-corrected chi connectivity index (χ2v) is 3.41. The van der Waals surface area contributed by atoms with Gasteiger partial charge in [0.05, 0.1) is 6.07 Å². The first-order chi connectivity index (χ1) is 7.38. The molecular formula is C11H15N4+. The highest BCUT2D eigenvalue weighted by molar-refractivity contribution is 4.79. The summed E-state index contributed by atoms with van der Waals surface area (Å²) >= 11 is 0. The van der Waals surface area contributed by atoms with Crippen molar-refractivity contribution in [2.24, 2.45) is 0 Å². The van der Waals surface area contributed by atoms with Crippen molar-refractivity contribution >= 4 is 0 Å². The fourth-order valence-corrected chi connectivity index (χ4v) is 1.51. The molecule has 0 aromatic carbocycles. The number of imidazole rings is 1. The highest BCUT2D eigenvalue weighted by atomic mass is 15.1. The Hall–Kier alpha value is -1.81. The molecule has 0 bridgehead atoms. The van der Waals surface area contributed by atoms with Crippen molar-refractivity contribution in [2.75, 3.05) is 0 Å². The van der Waals surface area contributed by atoms with Crippen molar-refractivity contribution < 1.29 is 4.57 Å². The van der Waals surface area contributed by atoms with Crippen molar-refractivity contribution in [3.05, 3.63) is 18.2 Å². The molecule has 15 heavy (non-hydrogen) atoms. The van der Waals surface area contributed by atoms with Crippen LogP contribution in [-0.4, -0.2) is 4.98 Å². The predicted molar refractivity (Wildman–Crippen MR) is 54.4 cm³/mol. The first-order valence-electron chi connectivity index (χ1n) is 5.18. The van der Waals surface area contributed by atoms with E-state index >= 15 is 0 Å². The van der Waals surface area contributed by atoms with Gasteiger partial charge in [0.25, 0.3) is 5.82 Å². The summed E-state index contributed by atoms with van der Waals surface area (Å²) < 4.78 is 1.92. The van der Waals surface area contributed by atoms with Gasteiger partial charge in [-0.2, -0.15) is 10.5 Å². The predicted octanol–water partition coefficient (Wildman–Crippen LogP) is 1.45. The van der Waals surface area contributed by atoms with Gasteiger partial charge in [0.15, 0.2) is 6.54 Å². The third-order valence-electron chi connectivity index (χ3n) is 2.29. The minimum absolute atomic E-state index is 0.400. The lowest BCUT2D eigenvalue weighted by Gasteiger charge is -1.96. The van der Waals surface area contributed by atoms with Gasteiger partial charge in [-0.1, -0.05) is 6.42 Å². The molecule has 0 amide bonds. The summed E-state index contributed by atoms with van der Waals surface area (Å²) in [5.74, 6) is 1.09. The first kappa shape index (κ1) is 11.3. The molecule has 0 aliphatic heterocycles. The third-order valence-corrected chi connectivity index (χ3v) is 2.29. The number of nitrogens with zero attached hydrogens (tertiary/aromatic N) is 3. The largest absolute Gasteiger partial charge is 0.255 e. The summed E-state index contributed by atoms with van der Waals surface area (Å²) in [7, 11) is 0. The van der Waals surface area contributed by atoms with Gasteiger partial charge in [0, 0.05) is 12.8 Å². The molecule has 4 nitrogen and oxygen atoms in total. The number of rotatable bonds is 6. The number of aromatic nitrogens is 2. The topological polar surface area (TPSA) is 67.2 Å². The summed E-state index contributed by atoms with van der Waals surface area (Å²) in [6.45, 7) is 0.400. The zero-order valence-electron chi connectivity index (χ0n) is 8.74. The van der Waals surface area contributed by atoms with Crippen LogP contribution in [0.4, 0.5) is 0 Å². The molecular weight excluding hydrogens is 188 g/mol. The molecule has 0 saturated heterocycles. The van der Waals surface area contributed by atoms with Gasteiger partial charge in [-0.05, 0) is 12.8 Å². The molecule has 1 aromatic rings. The van der Waals surface area contributed by atoms with Crippen molar-refractivity contribution in [3.63, 3.8) is 0 Å². The monoisotopic (exact) mass is 203 g/mol. The van der Waals surface area contributed by atoms with Crippen LogP contribution < -0.4 is 4.57 Å². The van der Waals surface area contributed by atoms with Gasteiger partial charge in [-0.3, -0.25) is 0 Å². The lowest BCUT2D eigenvalue weighted by atomic mass is 10.1. The van der Waals surface area contributed by atoms with E-state index in [-0.39, 0.29) is 0 Å². The Bertz CT molecular complexity index is 367. The van der Waals surface area contributed by atoms with Crippen LogP contribution in [0, 0.1) is 22.7 Å². The van der Waals surface area contributed by atoms with Gasteiger partial charge in [-0.15, -0.1) is 0 Å². The van der Waals surface area contributed by atoms with Crippen molar-refractivity contribution in [3.8, 4) is 12.1 Å². The van der Waals surface area contributed by atoms with Gasteiger partial charge in [-0.25, -0.2) is 9.55 Å². The van der Waals surface area contributed by atoms with Gasteiger partial charge < -0.3 is 0 Å². The molecule has 0 spiro atoms. The summed E-state index contributed by atoms with van der Waals surface area (Å²) in [5.41, 5.74) is 0. The second-order valence-electron chi connectivity index (χ2n) is 3.41. The molecule has 1 aromatic heterocycles. The average molecular weight is 203 g/mol. The Morgan fingerprint density at radius 1 is 1.20 bits per heavy atom. The Balaban J connectivity index is 2.28. The van der Waals surface area contributed by atoms with Crippen molar-refractivity contribution in [1.29, 1.82) is 10.5 Å². The van der Waals surface area contributed by atoms with Crippen LogP contribution in [0.3, 0.4) is 0 Å². The maximum atomic E-state index is 8.58. The lowest BCUT2D eigenvalue weighted by Crippen LogP contribution is -2.35. The fourth-order valence-electron chi connectivity index (χ4n) is 1.51. The molecule has 0 atom stereocenters.